The summed E-state index contributed by atoms with van der Waals surface area (Å²) in [7, 11) is -2.04. The molecule has 0 amide bonds. The molecule has 8 heteroatoms. The zero-order valence-corrected chi connectivity index (χ0v) is 7.37. The Kier molecular flexibility index (Phi) is 2.10. The van der Waals surface area contributed by atoms with Crippen LogP contribution >= 0.6 is 11.8 Å². The Morgan fingerprint density at radius 1 is 1.82 bits per heavy atom. The van der Waals surface area contributed by atoms with E-state index in [-0.39, 0.29) is 5.17 Å². The highest BCUT2D eigenvalue weighted by Crippen LogP contribution is 2.21. The van der Waals surface area contributed by atoms with E-state index in [0.29, 0.717) is 0 Å². The molecule has 1 rings (SSSR count). The molecule has 1 aliphatic heterocycles. The fourth-order valence-corrected chi connectivity index (χ4v) is 2.30. The smallest absolute Gasteiger partial charge is 0.236 e. The van der Waals surface area contributed by atoms with Gasteiger partial charge in [0, 0.05) is 7.05 Å². The van der Waals surface area contributed by atoms with Gasteiger partial charge in [-0.15, -0.1) is 0 Å². The number of hydrazine groups is 1. The summed E-state index contributed by atoms with van der Waals surface area (Å²) in [5.41, 5.74) is 2.50. The first-order valence-electron chi connectivity index (χ1n) is 2.68. The molecule has 0 spiro atoms. The number of nitrogens with one attached hydrogen (secondary N) is 2. The standard InChI is InChI=1S/C3H8N4O2S2/c1-7-2(4)10-3(6-7)11(5,8)9/h3-4,6H,1H3,(H2,5,8,9). The normalized spacial score (nSPS) is 26.2. The van der Waals surface area contributed by atoms with E-state index in [1.54, 1.807) is 7.05 Å². The summed E-state index contributed by atoms with van der Waals surface area (Å²) in [6, 6.07) is 0. The van der Waals surface area contributed by atoms with Crippen LogP contribution in [-0.4, -0.2) is 30.3 Å². The van der Waals surface area contributed by atoms with E-state index in [9.17, 15) is 8.42 Å². The van der Waals surface area contributed by atoms with Crippen LogP contribution in [0.5, 0.6) is 0 Å². The third-order valence-electron chi connectivity index (χ3n) is 1.12. The maximum atomic E-state index is 10.7. The fourth-order valence-electron chi connectivity index (χ4n) is 0.564. The van der Waals surface area contributed by atoms with Gasteiger partial charge in [-0.05, 0) is 11.8 Å². The molecule has 6 nitrogen and oxygen atoms in total. The highest BCUT2D eigenvalue weighted by molar-refractivity contribution is 8.22. The molecule has 1 aliphatic rings. The lowest BCUT2D eigenvalue weighted by molar-refractivity contribution is 0.400. The first-order chi connectivity index (χ1) is 4.91. The average Bonchev–Trinajstić information content (AvgIpc) is 2.11. The zero-order chi connectivity index (χ0) is 8.65. The van der Waals surface area contributed by atoms with Gasteiger partial charge in [-0.3, -0.25) is 10.4 Å². The van der Waals surface area contributed by atoms with E-state index in [1.807, 2.05) is 0 Å². The van der Waals surface area contributed by atoms with E-state index < -0.39 is 14.7 Å². The lowest BCUT2D eigenvalue weighted by Gasteiger charge is -2.09. The summed E-state index contributed by atoms with van der Waals surface area (Å²) in [5, 5.41) is 13.5. The summed E-state index contributed by atoms with van der Waals surface area (Å²) in [6.07, 6.45) is 0. The van der Waals surface area contributed by atoms with E-state index in [4.69, 9.17) is 10.5 Å². The van der Waals surface area contributed by atoms with Gasteiger partial charge in [0.15, 0.2) is 9.87 Å². The number of primary sulfonamides is 1. The summed E-state index contributed by atoms with van der Waals surface area (Å²) in [6.45, 7) is 0. The number of sulfonamides is 1. The predicted octanol–water partition coefficient (Wildman–Crippen LogP) is -1.32. The molecule has 0 aromatic carbocycles. The van der Waals surface area contributed by atoms with Crippen LogP contribution < -0.4 is 10.6 Å². The number of hydrogen-bond acceptors (Lipinski definition) is 5. The van der Waals surface area contributed by atoms with Gasteiger partial charge < -0.3 is 0 Å². The average molecular weight is 196 g/mol. The van der Waals surface area contributed by atoms with Gasteiger partial charge in [0.05, 0.1) is 0 Å². The predicted molar refractivity (Wildman–Crippen MR) is 43.1 cm³/mol. The second kappa shape index (κ2) is 2.63. The molecule has 0 radical (unpaired) electrons. The second-order valence-corrected chi connectivity index (χ2v) is 5.07. The van der Waals surface area contributed by atoms with Crippen LogP contribution in [0, 0.1) is 5.41 Å². The molecule has 0 aromatic rings. The van der Waals surface area contributed by atoms with Gasteiger partial charge in [-0.2, -0.15) is 0 Å². The maximum Gasteiger partial charge on any atom is 0.236 e. The molecule has 4 N–H and O–H groups in total. The van der Waals surface area contributed by atoms with Crippen LogP contribution in [-0.2, 0) is 10.0 Å². The van der Waals surface area contributed by atoms with Crippen molar-refractivity contribution in [2.75, 3.05) is 7.05 Å². The Bertz CT molecular complexity index is 273. The molecule has 0 saturated carbocycles. The molecule has 1 atom stereocenters. The summed E-state index contributed by atoms with van der Waals surface area (Å²) in [5.74, 6) is 0. The van der Waals surface area contributed by atoms with Gasteiger partial charge in [-0.25, -0.2) is 19.0 Å². The molecular formula is C3H8N4O2S2. The van der Waals surface area contributed by atoms with Crippen molar-refractivity contribution in [1.82, 2.24) is 10.4 Å². The van der Waals surface area contributed by atoms with Gasteiger partial charge >= 0.3 is 0 Å². The Morgan fingerprint density at radius 3 is 2.55 bits per heavy atom. The largest absolute Gasteiger partial charge is 0.288 e. The monoisotopic (exact) mass is 196 g/mol. The Labute approximate surface area is 68.7 Å². The molecule has 0 bridgehead atoms. The number of nitrogens with two attached hydrogens (primary N) is 1. The van der Waals surface area contributed by atoms with Crippen LogP contribution in [0.25, 0.3) is 0 Å². The Morgan fingerprint density at radius 2 is 2.36 bits per heavy atom. The minimum atomic E-state index is -3.60. The van der Waals surface area contributed by atoms with Crippen molar-refractivity contribution in [1.29, 1.82) is 5.41 Å². The van der Waals surface area contributed by atoms with Crippen LogP contribution in [0.3, 0.4) is 0 Å². The van der Waals surface area contributed by atoms with E-state index in [0.717, 1.165) is 11.8 Å². The van der Waals surface area contributed by atoms with Gasteiger partial charge in [0.25, 0.3) is 0 Å². The molecule has 64 valence electrons. The summed E-state index contributed by atoms with van der Waals surface area (Å²) < 4.78 is 20.5. The molecule has 0 aliphatic carbocycles. The van der Waals surface area contributed by atoms with E-state index >= 15 is 0 Å². The minimum Gasteiger partial charge on any atom is -0.288 e. The molecule has 1 saturated heterocycles. The number of nitrogens with zero attached hydrogens (tertiary/aromatic N) is 1. The first-order valence-corrected chi connectivity index (χ1v) is 5.17. The lowest BCUT2D eigenvalue weighted by Crippen LogP contribution is -2.40. The summed E-state index contributed by atoms with van der Waals surface area (Å²) in [4.78, 5) is 0. The SMILES string of the molecule is CN1NC(S(N)(=O)=O)SC1=N. The highest BCUT2D eigenvalue weighted by atomic mass is 32.3. The van der Waals surface area contributed by atoms with Crippen molar-refractivity contribution >= 4 is 27.0 Å². The van der Waals surface area contributed by atoms with Crippen molar-refractivity contribution in [3.63, 3.8) is 0 Å². The first kappa shape index (κ1) is 8.78. The minimum absolute atomic E-state index is 0.143. The number of hydrogen-bond donors (Lipinski definition) is 3. The number of rotatable bonds is 1. The van der Waals surface area contributed by atoms with Gasteiger partial charge in [-0.1, -0.05) is 0 Å². The number of thioether (sulfide) groups is 1. The fraction of sp³-hybridized carbons (Fsp3) is 0.667. The second-order valence-electron chi connectivity index (χ2n) is 2.03. The van der Waals surface area contributed by atoms with Gasteiger partial charge in [0.1, 0.15) is 0 Å². The third kappa shape index (κ3) is 1.83. The Balaban J connectivity index is 2.77. The zero-order valence-electron chi connectivity index (χ0n) is 5.73. The van der Waals surface area contributed by atoms with E-state index in [2.05, 4.69) is 5.43 Å². The molecule has 1 heterocycles. The van der Waals surface area contributed by atoms with Crippen LogP contribution in [0.4, 0.5) is 0 Å². The molecule has 0 aromatic heterocycles. The van der Waals surface area contributed by atoms with Crippen LogP contribution in [0.2, 0.25) is 0 Å². The van der Waals surface area contributed by atoms with Crippen molar-refractivity contribution < 1.29 is 8.42 Å². The van der Waals surface area contributed by atoms with Crippen molar-refractivity contribution in [3.8, 4) is 0 Å². The Hall–Kier alpha value is -0.310. The summed E-state index contributed by atoms with van der Waals surface area (Å²) >= 11 is 0.866. The molecule has 1 unspecified atom stereocenters. The molecular weight excluding hydrogens is 188 g/mol. The lowest BCUT2D eigenvalue weighted by atomic mass is 11.1. The molecule has 1 fully saturated rings. The number of amidine groups is 1. The third-order valence-corrected chi connectivity index (χ3v) is 3.73. The van der Waals surface area contributed by atoms with Crippen LogP contribution in [0.1, 0.15) is 0 Å². The van der Waals surface area contributed by atoms with E-state index in [1.165, 1.54) is 5.01 Å². The van der Waals surface area contributed by atoms with Crippen molar-refractivity contribution in [3.05, 3.63) is 0 Å². The van der Waals surface area contributed by atoms with Gasteiger partial charge in [0.2, 0.25) is 10.0 Å². The van der Waals surface area contributed by atoms with Crippen LogP contribution in [0.15, 0.2) is 0 Å². The topological polar surface area (TPSA) is 99.3 Å². The maximum absolute atomic E-state index is 10.7. The highest BCUT2D eigenvalue weighted by Gasteiger charge is 2.32. The van der Waals surface area contributed by atoms with Crippen molar-refractivity contribution in [2.24, 2.45) is 5.14 Å². The quantitative estimate of drug-likeness (QED) is 0.483. The molecule has 11 heavy (non-hydrogen) atoms. The van der Waals surface area contributed by atoms with Crippen molar-refractivity contribution in [2.45, 2.75) is 4.71 Å².